The van der Waals surface area contributed by atoms with Gasteiger partial charge in [0.05, 0.1) is 0 Å². The van der Waals surface area contributed by atoms with Crippen molar-refractivity contribution in [2.45, 2.75) is 26.8 Å². The van der Waals surface area contributed by atoms with E-state index in [-0.39, 0.29) is 6.04 Å². The van der Waals surface area contributed by atoms with Crippen LogP contribution < -0.4 is 10.2 Å². The predicted molar refractivity (Wildman–Crippen MR) is 121 cm³/mol. The zero-order chi connectivity index (χ0) is 20.9. The summed E-state index contributed by atoms with van der Waals surface area (Å²) in [5, 5.41) is 3.62. The second kappa shape index (κ2) is 9.17. The van der Waals surface area contributed by atoms with Gasteiger partial charge < -0.3 is 10.2 Å². The van der Waals surface area contributed by atoms with Gasteiger partial charge in [-0.05, 0) is 45.0 Å². The molecule has 0 amide bonds. The van der Waals surface area contributed by atoms with Crippen molar-refractivity contribution in [3.8, 4) is 11.4 Å². The molecule has 1 atom stereocenters. The van der Waals surface area contributed by atoms with Gasteiger partial charge in [0.15, 0.2) is 5.82 Å². The van der Waals surface area contributed by atoms with Crippen LogP contribution in [-0.4, -0.2) is 63.6 Å². The molecule has 0 spiro atoms. The highest BCUT2D eigenvalue weighted by atomic mass is 15.3. The van der Waals surface area contributed by atoms with Crippen molar-refractivity contribution in [1.82, 2.24) is 24.8 Å². The van der Waals surface area contributed by atoms with Crippen LogP contribution in [-0.2, 0) is 0 Å². The molecule has 30 heavy (non-hydrogen) atoms. The van der Waals surface area contributed by atoms with Crippen LogP contribution in [0, 0.1) is 13.8 Å². The van der Waals surface area contributed by atoms with E-state index in [4.69, 9.17) is 4.98 Å². The average Bonchev–Trinajstić information content (AvgIpc) is 2.78. The summed E-state index contributed by atoms with van der Waals surface area (Å²) >= 11 is 0. The van der Waals surface area contributed by atoms with E-state index in [1.807, 2.05) is 37.4 Å². The third-order valence-electron chi connectivity index (χ3n) is 5.59. The first kappa shape index (κ1) is 20.2. The molecule has 0 aliphatic carbocycles. The fourth-order valence-corrected chi connectivity index (χ4v) is 3.77. The highest BCUT2D eigenvalue weighted by molar-refractivity contribution is 5.59. The van der Waals surface area contributed by atoms with Crippen LogP contribution in [0.4, 0.5) is 11.6 Å². The molecule has 3 aromatic heterocycles. The number of hydrogen-bond acceptors (Lipinski definition) is 7. The van der Waals surface area contributed by atoms with Crippen LogP contribution in [0.3, 0.4) is 0 Å². The minimum atomic E-state index is 0.282. The summed E-state index contributed by atoms with van der Waals surface area (Å²) in [5.41, 5.74) is 3.07. The van der Waals surface area contributed by atoms with Gasteiger partial charge in [-0.2, -0.15) is 0 Å². The first-order chi connectivity index (χ1) is 14.6. The molecule has 4 heterocycles. The summed E-state index contributed by atoms with van der Waals surface area (Å²) in [6, 6.07) is 10.3. The van der Waals surface area contributed by atoms with E-state index in [1.165, 1.54) is 0 Å². The van der Waals surface area contributed by atoms with Gasteiger partial charge in [-0.3, -0.25) is 9.88 Å². The molecule has 1 aliphatic rings. The zero-order valence-corrected chi connectivity index (χ0v) is 17.9. The first-order valence-electron chi connectivity index (χ1n) is 10.5. The summed E-state index contributed by atoms with van der Waals surface area (Å²) in [6.45, 7) is 11.4. The lowest BCUT2D eigenvalue weighted by molar-refractivity contribution is 0.250. The Labute approximate surface area is 178 Å². The highest BCUT2D eigenvalue weighted by Crippen LogP contribution is 2.22. The molecule has 0 aromatic carbocycles. The largest absolute Gasteiger partial charge is 0.366 e. The SMILES string of the molecule is Cc1nc(-c2ccncc2)nc(NC(C)CN2CCN(c3ccccn3)CC2)c1C. The summed E-state index contributed by atoms with van der Waals surface area (Å²) in [7, 11) is 0. The fraction of sp³-hybridized carbons (Fsp3) is 0.391. The van der Waals surface area contributed by atoms with Gasteiger partial charge in [-0.1, -0.05) is 6.07 Å². The van der Waals surface area contributed by atoms with E-state index < -0.39 is 0 Å². The number of hydrogen-bond donors (Lipinski definition) is 1. The molecule has 1 unspecified atom stereocenters. The molecule has 3 aromatic rings. The number of aromatic nitrogens is 4. The monoisotopic (exact) mass is 403 g/mol. The molecule has 0 bridgehead atoms. The maximum Gasteiger partial charge on any atom is 0.161 e. The van der Waals surface area contributed by atoms with E-state index in [0.29, 0.717) is 0 Å². The van der Waals surface area contributed by atoms with Crippen LogP contribution in [0.2, 0.25) is 0 Å². The van der Waals surface area contributed by atoms with E-state index in [1.54, 1.807) is 12.4 Å². The number of pyridine rings is 2. The van der Waals surface area contributed by atoms with E-state index in [9.17, 15) is 0 Å². The number of nitrogens with zero attached hydrogens (tertiary/aromatic N) is 6. The number of aryl methyl sites for hydroxylation is 1. The van der Waals surface area contributed by atoms with E-state index in [2.05, 4.69) is 50.0 Å². The van der Waals surface area contributed by atoms with Crippen molar-refractivity contribution in [3.63, 3.8) is 0 Å². The van der Waals surface area contributed by atoms with Crippen LogP contribution in [0.15, 0.2) is 48.9 Å². The summed E-state index contributed by atoms with van der Waals surface area (Å²) < 4.78 is 0. The van der Waals surface area contributed by atoms with Crippen molar-refractivity contribution in [2.75, 3.05) is 42.9 Å². The smallest absolute Gasteiger partial charge is 0.161 e. The number of nitrogens with one attached hydrogen (secondary N) is 1. The molecule has 7 nitrogen and oxygen atoms in total. The van der Waals surface area contributed by atoms with Crippen molar-refractivity contribution in [1.29, 1.82) is 0 Å². The highest BCUT2D eigenvalue weighted by Gasteiger charge is 2.20. The van der Waals surface area contributed by atoms with Crippen molar-refractivity contribution >= 4 is 11.6 Å². The van der Waals surface area contributed by atoms with Crippen molar-refractivity contribution < 1.29 is 0 Å². The molecule has 1 aliphatic heterocycles. The number of rotatable bonds is 6. The van der Waals surface area contributed by atoms with Gasteiger partial charge in [0.25, 0.3) is 0 Å². The fourth-order valence-electron chi connectivity index (χ4n) is 3.77. The Hall–Kier alpha value is -3.06. The first-order valence-corrected chi connectivity index (χ1v) is 10.5. The normalized spacial score (nSPS) is 15.8. The predicted octanol–water partition coefficient (Wildman–Crippen LogP) is 3.17. The molecular weight excluding hydrogens is 374 g/mol. The number of anilines is 2. The van der Waals surface area contributed by atoms with Gasteiger partial charge in [0, 0.05) is 74.2 Å². The van der Waals surface area contributed by atoms with Crippen molar-refractivity contribution in [2.24, 2.45) is 0 Å². The Balaban J connectivity index is 1.37. The number of piperazine rings is 1. The minimum Gasteiger partial charge on any atom is -0.366 e. The van der Waals surface area contributed by atoms with Gasteiger partial charge in [-0.25, -0.2) is 15.0 Å². The van der Waals surface area contributed by atoms with Crippen LogP contribution in [0.1, 0.15) is 18.2 Å². The third kappa shape index (κ3) is 4.74. The molecule has 156 valence electrons. The Morgan fingerprint density at radius 1 is 0.967 bits per heavy atom. The van der Waals surface area contributed by atoms with Gasteiger partial charge in [0.2, 0.25) is 0 Å². The molecule has 4 rings (SSSR count). The lowest BCUT2D eigenvalue weighted by Gasteiger charge is -2.36. The molecule has 7 heteroatoms. The summed E-state index contributed by atoms with van der Waals surface area (Å²) in [4.78, 5) is 22.9. The van der Waals surface area contributed by atoms with Crippen LogP contribution in [0.5, 0.6) is 0 Å². The zero-order valence-electron chi connectivity index (χ0n) is 17.9. The van der Waals surface area contributed by atoms with Crippen LogP contribution in [0.25, 0.3) is 11.4 Å². The van der Waals surface area contributed by atoms with Gasteiger partial charge in [-0.15, -0.1) is 0 Å². The van der Waals surface area contributed by atoms with E-state index >= 15 is 0 Å². The Morgan fingerprint density at radius 3 is 2.43 bits per heavy atom. The summed E-state index contributed by atoms with van der Waals surface area (Å²) in [6.07, 6.45) is 5.41. The molecule has 1 fully saturated rings. The topological polar surface area (TPSA) is 70.1 Å². The van der Waals surface area contributed by atoms with Crippen LogP contribution >= 0.6 is 0 Å². The van der Waals surface area contributed by atoms with Crippen molar-refractivity contribution in [3.05, 3.63) is 60.2 Å². The second-order valence-electron chi connectivity index (χ2n) is 7.86. The maximum absolute atomic E-state index is 4.80. The Morgan fingerprint density at radius 2 is 1.73 bits per heavy atom. The summed E-state index contributed by atoms with van der Waals surface area (Å²) in [5.74, 6) is 2.71. The average molecular weight is 404 g/mol. The standard InChI is InChI=1S/C23H29N7/c1-17(16-29-12-14-30(15-13-29)21-6-4-5-9-25-21)26-22-18(2)19(3)27-23(28-22)20-7-10-24-11-8-20/h4-11,17H,12-16H2,1-3H3,(H,26,27,28). The van der Waals surface area contributed by atoms with Gasteiger partial charge in [0.1, 0.15) is 11.6 Å². The quantitative estimate of drug-likeness (QED) is 0.678. The lowest BCUT2D eigenvalue weighted by Crippen LogP contribution is -2.49. The molecule has 0 radical (unpaired) electrons. The third-order valence-corrected chi connectivity index (χ3v) is 5.59. The molecule has 1 saturated heterocycles. The Bertz CT molecular complexity index is 954. The second-order valence-corrected chi connectivity index (χ2v) is 7.86. The molecule has 1 N–H and O–H groups in total. The van der Waals surface area contributed by atoms with E-state index in [0.717, 1.165) is 67.0 Å². The lowest BCUT2D eigenvalue weighted by atomic mass is 10.2. The minimum absolute atomic E-state index is 0.282. The molecule has 0 saturated carbocycles. The molecular formula is C23H29N7. The maximum atomic E-state index is 4.80. The Kier molecular flexibility index (Phi) is 6.18. The van der Waals surface area contributed by atoms with Gasteiger partial charge >= 0.3 is 0 Å².